The van der Waals surface area contributed by atoms with Gasteiger partial charge in [-0.1, -0.05) is 32.4 Å². The molecule has 1 aliphatic carbocycles. The van der Waals surface area contributed by atoms with Crippen molar-refractivity contribution < 1.29 is 4.39 Å². The minimum Gasteiger partial charge on any atom is -0.310 e. The van der Waals surface area contributed by atoms with Crippen molar-refractivity contribution in [2.75, 3.05) is 0 Å². The van der Waals surface area contributed by atoms with Crippen LogP contribution in [0.1, 0.15) is 44.2 Å². The molecule has 0 amide bonds. The van der Waals surface area contributed by atoms with Crippen molar-refractivity contribution in [3.8, 4) is 0 Å². The Bertz CT molecular complexity index is 402. The average molecular weight is 249 g/mol. The molecule has 3 unspecified atom stereocenters. The van der Waals surface area contributed by atoms with E-state index in [9.17, 15) is 4.39 Å². The molecular weight excluding hydrogens is 225 g/mol. The summed E-state index contributed by atoms with van der Waals surface area (Å²) in [6.45, 7) is 7.32. The SMILES string of the molecule is CCC1CCC(NCc2ccc(F)c(C)c2)C1C. The van der Waals surface area contributed by atoms with Crippen molar-refractivity contribution in [1.29, 1.82) is 0 Å². The molecule has 2 rings (SSSR count). The summed E-state index contributed by atoms with van der Waals surface area (Å²) in [6, 6.07) is 6.02. The minimum atomic E-state index is -0.112. The third kappa shape index (κ3) is 2.92. The van der Waals surface area contributed by atoms with Gasteiger partial charge in [0.15, 0.2) is 0 Å². The van der Waals surface area contributed by atoms with Crippen LogP contribution in [0.15, 0.2) is 18.2 Å². The Kier molecular flexibility index (Phi) is 4.39. The van der Waals surface area contributed by atoms with Gasteiger partial charge in [0.05, 0.1) is 0 Å². The van der Waals surface area contributed by atoms with Crippen LogP contribution in [0, 0.1) is 24.6 Å². The van der Waals surface area contributed by atoms with E-state index in [0.29, 0.717) is 6.04 Å². The highest BCUT2D eigenvalue weighted by Gasteiger charge is 2.30. The number of halogens is 1. The van der Waals surface area contributed by atoms with Crippen molar-refractivity contribution in [3.63, 3.8) is 0 Å². The number of rotatable bonds is 4. The van der Waals surface area contributed by atoms with E-state index >= 15 is 0 Å². The Morgan fingerprint density at radius 3 is 2.72 bits per heavy atom. The predicted molar refractivity (Wildman–Crippen MR) is 73.9 cm³/mol. The van der Waals surface area contributed by atoms with Crippen molar-refractivity contribution in [3.05, 3.63) is 35.1 Å². The van der Waals surface area contributed by atoms with E-state index in [-0.39, 0.29) is 5.82 Å². The molecule has 0 spiro atoms. The van der Waals surface area contributed by atoms with E-state index in [4.69, 9.17) is 0 Å². The number of benzene rings is 1. The zero-order valence-electron chi connectivity index (χ0n) is 11.7. The first-order chi connectivity index (χ1) is 8.61. The van der Waals surface area contributed by atoms with Crippen molar-refractivity contribution in [2.24, 2.45) is 11.8 Å². The summed E-state index contributed by atoms with van der Waals surface area (Å²) < 4.78 is 13.2. The molecule has 0 aromatic heterocycles. The third-order valence-corrected chi connectivity index (χ3v) is 4.54. The van der Waals surface area contributed by atoms with Crippen LogP contribution < -0.4 is 5.32 Å². The highest BCUT2D eigenvalue weighted by molar-refractivity contribution is 5.23. The largest absolute Gasteiger partial charge is 0.310 e. The van der Waals surface area contributed by atoms with Crippen LogP contribution in [-0.2, 0) is 6.54 Å². The van der Waals surface area contributed by atoms with Gasteiger partial charge in [-0.3, -0.25) is 0 Å². The van der Waals surface area contributed by atoms with Crippen LogP contribution in [0.4, 0.5) is 4.39 Å². The topological polar surface area (TPSA) is 12.0 Å². The van der Waals surface area contributed by atoms with E-state index in [0.717, 1.165) is 23.9 Å². The fraction of sp³-hybridized carbons (Fsp3) is 0.625. The van der Waals surface area contributed by atoms with Crippen LogP contribution in [0.5, 0.6) is 0 Å². The van der Waals surface area contributed by atoms with Crippen LogP contribution in [0.2, 0.25) is 0 Å². The van der Waals surface area contributed by atoms with E-state index in [2.05, 4.69) is 19.2 Å². The Morgan fingerprint density at radius 1 is 1.33 bits per heavy atom. The van der Waals surface area contributed by atoms with E-state index < -0.39 is 0 Å². The molecule has 1 aliphatic rings. The molecule has 1 fully saturated rings. The highest BCUT2D eigenvalue weighted by atomic mass is 19.1. The van der Waals surface area contributed by atoms with Gasteiger partial charge >= 0.3 is 0 Å². The van der Waals surface area contributed by atoms with Gasteiger partial charge in [-0.05, 0) is 48.8 Å². The number of hydrogen-bond donors (Lipinski definition) is 1. The Hall–Kier alpha value is -0.890. The lowest BCUT2D eigenvalue weighted by Gasteiger charge is -2.21. The molecule has 1 nitrogen and oxygen atoms in total. The molecule has 100 valence electrons. The Morgan fingerprint density at radius 2 is 2.11 bits per heavy atom. The molecule has 0 saturated heterocycles. The maximum atomic E-state index is 13.2. The minimum absolute atomic E-state index is 0.112. The van der Waals surface area contributed by atoms with Crippen LogP contribution in [0.3, 0.4) is 0 Å². The van der Waals surface area contributed by atoms with E-state index in [1.165, 1.54) is 24.8 Å². The van der Waals surface area contributed by atoms with Crippen molar-refractivity contribution >= 4 is 0 Å². The average Bonchev–Trinajstić information content (AvgIpc) is 2.72. The summed E-state index contributed by atoms with van der Waals surface area (Å²) >= 11 is 0. The standard InChI is InChI=1S/C16H24FN/c1-4-14-6-8-16(12(14)3)18-10-13-5-7-15(17)11(2)9-13/h5,7,9,12,14,16,18H,4,6,8,10H2,1-3H3. The summed E-state index contributed by atoms with van der Waals surface area (Å²) in [4.78, 5) is 0. The van der Waals surface area contributed by atoms with Crippen molar-refractivity contribution in [1.82, 2.24) is 5.32 Å². The first-order valence-electron chi connectivity index (χ1n) is 7.10. The Balaban J connectivity index is 1.90. The van der Waals surface area contributed by atoms with Gasteiger partial charge in [0, 0.05) is 12.6 Å². The lowest BCUT2D eigenvalue weighted by molar-refractivity contribution is 0.344. The summed E-state index contributed by atoms with van der Waals surface area (Å²) in [5, 5.41) is 3.64. The molecule has 0 heterocycles. The summed E-state index contributed by atoms with van der Waals surface area (Å²) in [6.07, 6.45) is 3.91. The van der Waals surface area contributed by atoms with Gasteiger partial charge in [-0.25, -0.2) is 4.39 Å². The van der Waals surface area contributed by atoms with Gasteiger partial charge in [0.25, 0.3) is 0 Å². The van der Waals surface area contributed by atoms with Gasteiger partial charge in [-0.2, -0.15) is 0 Å². The Labute approximate surface area is 110 Å². The van der Waals surface area contributed by atoms with Crippen molar-refractivity contribution in [2.45, 2.75) is 52.6 Å². The van der Waals surface area contributed by atoms with Crippen LogP contribution >= 0.6 is 0 Å². The van der Waals surface area contributed by atoms with Crippen LogP contribution in [0.25, 0.3) is 0 Å². The second-order valence-electron chi connectivity index (χ2n) is 5.68. The first-order valence-corrected chi connectivity index (χ1v) is 7.10. The molecule has 1 aromatic rings. The normalized spacial score (nSPS) is 27.7. The maximum absolute atomic E-state index is 13.2. The molecule has 0 aliphatic heterocycles. The van der Waals surface area contributed by atoms with Gasteiger partial charge < -0.3 is 5.32 Å². The number of aryl methyl sites for hydroxylation is 1. The zero-order chi connectivity index (χ0) is 13.1. The van der Waals surface area contributed by atoms with Gasteiger partial charge in [0.1, 0.15) is 5.82 Å². The second kappa shape index (κ2) is 5.83. The molecular formula is C16H24FN. The lowest BCUT2D eigenvalue weighted by Crippen LogP contribution is -2.32. The third-order valence-electron chi connectivity index (χ3n) is 4.54. The molecule has 2 heteroatoms. The quantitative estimate of drug-likeness (QED) is 0.849. The first kappa shape index (κ1) is 13.5. The summed E-state index contributed by atoms with van der Waals surface area (Å²) in [5.41, 5.74) is 1.92. The molecule has 1 N–H and O–H groups in total. The number of nitrogens with one attached hydrogen (secondary N) is 1. The highest BCUT2D eigenvalue weighted by Crippen LogP contribution is 2.33. The summed E-state index contributed by atoms with van der Waals surface area (Å²) in [7, 11) is 0. The lowest BCUT2D eigenvalue weighted by atomic mass is 9.93. The van der Waals surface area contributed by atoms with Gasteiger partial charge in [-0.15, -0.1) is 0 Å². The molecule has 18 heavy (non-hydrogen) atoms. The molecule has 0 radical (unpaired) electrons. The fourth-order valence-corrected chi connectivity index (χ4v) is 3.18. The predicted octanol–water partition coefficient (Wildman–Crippen LogP) is 4.05. The molecule has 1 aromatic carbocycles. The van der Waals surface area contributed by atoms with E-state index in [1.807, 2.05) is 19.1 Å². The smallest absolute Gasteiger partial charge is 0.126 e. The maximum Gasteiger partial charge on any atom is 0.126 e. The molecule has 0 bridgehead atoms. The monoisotopic (exact) mass is 249 g/mol. The number of hydrogen-bond acceptors (Lipinski definition) is 1. The van der Waals surface area contributed by atoms with Gasteiger partial charge in [0.2, 0.25) is 0 Å². The molecule has 3 atom stereocenters. The van der Waals surface area contributed by atoms with E-state index in [1.54, 1.807) is 6.07 Å². The fourth-order valence-electron chi connectivity index (χ4n) is 3.18. The zero-order valence-corrected chi connectivity index (χ0v) is 11.7. The second-order valence-corrected chi connectivity index (χ2v) is 5.68. The van der Waals surface area contributed by atoms with Crippen LogP contribution in [-0.4, -0.2) is 6.04 Å². The molecule has 1 saturated carbocycles. The summed E-state index contributed by atoms with van der Waals surface area (Å²) in [5.74, 6) is 1.52.